The van der Waals surface area contributed by atoms with Crippen LogP contribution in [0.5, 0.6) is 0 Å². The number of hydrogen-bond acceptors (Lipinski definition) is 3. The predicted molar refractivity (Wildman–Crippen MR) is 78.1 cm³/mol. The molecule has 1 N–H and O–H groups in total. The van der Waals surface area contributed by atoms with E-state index in [4.69, 9.17) is 0 Å². The van der Waals surface area contributed by atoms with Gasteiger partial charge in [0.2, 0.25) is 0 Å². The van der Waals surface area contributed by atoms with Crippen molar-refractivity contribution in [3.8, 4) is 0 Å². The second-order valence-electron chi connectivity index (χ2n) is 4.91. The van der Waals surface area contributed by atoms with E-state index in [0.717, 1.165) is 23.5 Å². The SMILES string of the molecule is CC(Cc1cccc(F)c1)NCC(C)c1nccs1. The Labute approximate surface area is 117 Å². The van der Waals surface area contributed by atoms with Gasteiger partial charge in [-0.15, -0.1) is 11.3 Å². The molecule has 0 aliphatic carbocycles. The Kier molecular flexibility index (Phi) is 5.05. The maximum Gasteiger partial charge on any atom is 0.123 e. The van der Waals surface area contributed by atoms with E-state index < -0.39 is 0 Å². The van der Waals surface area contributed by atoms with Crippen LogP contribution in [-0.4, -0.2) is 17.6 Å². The van der Waals surface area contributed by atoms with Gasteiger partial charge in [-0.25, -0.2) is 9.37 Å². The highest BCUT2D eigenvalue weighted by Crippen LogP contribution is 2.16. The van der Waals surface area contributed by atoms with Crippen LogP contribution in [0.2, 0.25) is 0 Å². The molecule has 2 unspecified atom stereocenters. The lowest BCUT2D eigenvalue weighted by atomic mass is 10.1. The minimum Gasteiger partial charge on any atom is -0.313 e. The van der Waals surface area contributed by atoms with Crippen molar-refractivity contribution in [2.45, 2.75) is 32.2 Å². The Morgan fingerprint density at radius 2 is 2.21 bits per heavy atom. The summed E-state index contributed by atoms with van der Waals surface area (Å²) in [5.41, 5.74) is 1.03. The van der Waals surface area contributed by atoms with Crippen LogP contribution < -0.4 is 5.32 Å². The molecular formula is C15H19FN2S. The molecule has 0 amide bonds. The van der Waals surface area contributed by atoms with Crippen LogP contribution in [-0.2, 0) is 6.42 Å². The van der Waals surface area contributed by atoms with E-state index in [0.29, 0.717) is 12.0 Å². The number of hydrogen-bond donors (Lipinski definition) is 1. The molecule has 102 valence electrons. The van der Waals surface area contributed by atoms with Gasteiger partial charge >= 0.3 is 0 Å². The van der Waals surface area contributed by atoms with Crippen molar-refractivity contribution in [2.75, 3.05) is 6.54 Å². The molecule has 2 rings (SSSR count). The van der Waals surface area contributed by atoms with Crippen molar-refractivity contribution >= 4 is 11.3 Å². The van der Waals surface area contributed by atoms with E-state index in [1.807, 2.05) is 17.6 Å². The summed E-state index contributed by atoms with van der Waals surface area (Å²) in [4.78, 5) is 4.32. The molecule has 0 fully saturated rings. The first-order valence-corrected chi connectivity index (χ1v) is 7.40. The normalized spacial score (nSPS) is 14.3. The fourth-order valence-electron chi connectivity index (χ4n) is 2.03. The molecule has 0 aliphatic rings. The number of thiazole rings is 1. The minimum atomic E-state index is -0.166. The number of halogens is 1. The smallest absolute Gasteiger partial charge is 0.123 e. The molecule has 0 saturated carbocycles. The van der Waals surface area contributed by atoms with Crippen LogP contribution in [0.1, 0.15) is 30.3 Å². The van der Waals surface area contributed by atoms with Gasteiger partial charge in [0, 0.05) is 30.1 Å². The van der Waals surface area contributed by atoms with Gasteiger partial charge in [-0.2, -0.15) is 0 Å². The van der Waals surface area contributed by atoms with Crippen molar-refractivity contribution in [2.24, 2.45) is 0 Å². The minimum absolute atomic E-state index is 0.166. The summed E-state index contributed by atoms with van der Waals surface area (Å²) >= 11 is 1.69. The summed E-state index contributed by atoms with van der Waals surface area (Å²) in [7, 11) is 0. The van der Waals surface area contributed by atoms with Crippen molar-refractivity contribution in [1.82, 2.24) is 10.3 Å². The van der Waals surface area contributed by atoms with Crippen molar-refractivity contribution < 1.29 is 4.39 Å². The summed E-state index contributed by atoms with van der Waals surface area (Å²) < 4.78 is 13.1. The first kappa shape index (κ1) is 14.2. The van der Waals surface area contributed by atoms with Crippen molar-refractivity contribution in [3.05, 3.63) is 52.2 Å². The lowest BCUT2D eigenvalue weighted by Gasteiger charge is -2.16. The second-order valence-corrected chi connectivity index (χ2v) is 5.84. The first-order chi connectivity index (χ1) is 9.15. The Morgan fingerprint density at radius 1 is 1.37 bits per heavy atom. The second kappa shape index (κ2) is 6.78. The largest absolute Gasteiger partial charge is 0.313 e. The van der Waals surface area contributed by atoms with Crippen molar-refractivity contribution in [3.63, 3.8) is 0 Å². The standard InChI is InChI=1S/C15H19FN2S/c1-11(15-17-6-7-19-15)10-18-12(2)8-13-4-3-5-14(16)9-13/h3-7,9,11-12,18H,8,10H2,1-2H3. The van der Waals surface area contributed by atoms with Crippen LogP contribution in [0.4, 0.5) is 4.39 Å². The third-order valence-electron chi connectivity index (χ3n) is 3.08. The fraction of sp³-hybridized carbons (Fsp3) is 0.400. The van der Waals surface area contributed by atoms with Gasteiger partial charge < -0.3 is 5.32 Å². The molecule has 0 spiro atoms. The molecule has 2 nitrogen and oxygen atoms in total. The molecular weight excluding hydrogens is 259 g/mol. The average molecular weight is 278 g/mol. The third kappa shape index (κ3) is 4.40. The number of aromatic nitrogens is 1. The predicted octanol–water partition coefficient (Wildman–Crippen LogP) is 3.61. The van der Waals surface area contributed by atoms with Crippen LogP contribution in [0.3, 0.4) is 0 Å². The van der Waals surface area contributed by atoms with E-state index in [1.165, 1.54) is 6.07 Å². The quantitative estimate of drug-likeness (QED) is 0.873. The van der Waals surface area contributed by atoms with Crippen LogP contribution in [0.15, 0.2) is 35.8 Å². The zero-order valence-corrected chi connectivity index (χ0v) is 12.1. The average Bonchev–Trinajstić information content (AvgIpc) is 2.90. The van der Waals surface area contributed by atoms with E-state index in [2.05, 4.69) is 24.1 Å². The van der Waals surface area contributed by atoms with Gasteiger partial charge in [0.15, 0.2) is 0 Å². The van der Waals surface area contributed by atoms with E-state index >= 15 is 0 Å². The number of nitrogens with zero attached hydrogens (tertiary/aromatic N) is 1. The summed E-state index contributed by atoms with van der Waals surface area (Å²) in [6.45, 7) is 5.18. The molecule has 0 saturated heterocycles. The molecule has 1 heterocycles. The first-order valence-electron chi connectivity index (χ1n) is 6.52. The van der Waals surface area contributed by atoms with Gasteiger partial charge in [-0.1, -0.05) is 19.1 Å². The number of benzene rings is 1. The molecule has 19 heavy (non-hydrogen) atoms. The number of nitrogens with one attached hydrogen (secondary N) is 1. The van der Waals surface area contributed by atoms with Gasteiger partial charge in [-0.05, 0) is 31.0 Å². The molecule has 4 heteroatoms. The topological polar surface area (TPSA) is 24.9 Å². The molecule has 0 radical (unpaired) electrons. The molecule has 1 aromatic carbocycles. The Balaban J connectivity index is 1.80. The van der Waals surface area contributed by atoms with Crippen molar-refractivity contribution in [1.29, 1.82) is 0 Å². The number of rotatable bonds is 6. The molecule has 0 bridgehead atoms. The zero-order valence-electron chi connectivity index (χ0n) is 11.3. The zero-order chi connectivity index (χ0) is 13.7. The summed E-state index contributed by atoms with van der Waals surface area (Å²) in [6, 6.07) is 7.12. The Morgan fingerprint density at radius 3 is 2.89 bits per heavy atom. The lowest BCUT2D eigenvalue weighted by molar-refractivity contribution is 0.514. The lowest BCUT2D eigenvalue weighted by Crippen LogP contribution is -2.31. The van der Waals surface area contributed by atoms with E-state index in [1.54, 1.807) is 23.5 Å². The summed E-state index contributed by atoms with van der Waals surface area (Å²) in [5, 5.41) is 6.64. The highest BCUT2D eigenvalue weighted by molar-refractivity contribution is 7.09. The van der Waals surface area contributed by atoms with Gasteiger partial charge in [0.05, 0.1) is 5.01 Å². The Bertz CT molecular complexity index is 499. The monoisotopic (exact) mass is 278 g/mol. The Hall–Kier alpha value is -1.26. The summed E-state index contributed by atoms with van der Waals surface area (Å²) in [6.07, 6.45) is 2.68. The van der Waals surface area contributed by atoms with Crippen LogP contribution in [0.25, 0.3) is 0 Å². The van der Waals surface area contributed by atoms with E-state index in [9.17, 15) is 4.39 Å². The third-order valence-corrected chi connectivity index (χ3v) is 4.08. The summed E-state index contributed by atoms with van der Waals surface area (Å²) in [5.74, 6) is 0.246. The maximum atomic E-state index is 13.1. The van der Waals surface area contributed by atoms with Gasteiger partial charge in [0.1, 0.15) is 5.82 Å². The van der Waals surface area contributed by atoms with Gasteiger partial charge in [0.25, 0.3) is 0 Å². The maximum absolute atomic E-state index is 13.1. The molecule has 1 aromatic heterocycles. The molecule has 2 atom stereocenters. The van der Waals surface area contributed by atoms with Crippen LogP contribution in [0, 0.1) is 5.82 Å². The molecule has 2 aromatic rings. The van der Waals surface area contributed by atoms with Gasteiger partial charge in [-0.3, -0.25) is 0 Å². The molecule has 0 aliphatic heterocycles. The van der Waals surface area contributed by atoms with Crippen LogP contribution >= 0.6 is 11.3 Å². The van der Waals surface area contributed by atoms with E-state index in [-0.39, 0.29) is 5.82 Å². The highest BCUT2D eigenvalue weighted by Gasteiger charge is 2.10. The fourth-order valence-corrected chi connectivity index (χ4v) is 2.73. The highest BCUT2D eigenvalue weighted by atomic mass is 32.1.